The molecule has 0 amide bonds. The molecule has 2 N–H and O–H groups in total. The molecule has 0 spiro atoms. The van der Waals surface area contributed by atoms with Crippen LogP contribution in [0.4, 0.5) is 0 Å². The van der Waals surface area contributed by atoms with Crippen molar-refractivity contribution < 1.29 is 4.74 Å². The molecule has 0 aliphatic heterocycles. The van der Waals surface area contributed by atoms with Gasteiger partial charge in [-0.1, -0.05) is 0 Å². The van der Waals surface area contributed by atoms with E-state index in [9.17, 15) is 0 Å². The predicted octanol–water partition coefficient (Wildman–Crippen LogP) is 3.93. The van der Waals surface area contributed by atoms with Crippen molar-refractivity contribution in [3.05, 3.63) is 27.4 Å². The van der Waals surface area contributed by atoms with Crippen LogP contribution in [0, 0.1) is 6.92 Å². The standard InChI is InChI=1S/C17H26N4OS2.HI/c1-4-18-17(19-9-5-11-22-3)20-10-8-14-6-7-16(24-14)15-12-23-13(2)21-15;/h6-7,12H,4-5,8-11H2,1-3H3,(H2,18,19,20);1H. The number of halogens is 1. The van der Waals surface area contributed by atoms with E-state index in [0.717, 1.165) is 55.7 Å². The van der Waals surface area contributed by atoms with E-state index < -0.39 is 0 Å². The minimum absolute atomic E-state index is 0. The van der Waals surface area contributed by atoms with Crippen molar-refractivity contribution in [1.29, 1.82) is 0 Å². The zero-order valence-corrected chi connectivity index (χ0v) is 19.0. The number of nitrogens with zero attached hydrogens (tertiary/aromatic N) is 2. The Morgan fingerprint density at radius 1 is 1.32 bits per heavy atom. The third kappa shape index (κ3) is 8.02. The van der Waals surface area contributed by atoms with E-state index in [4.69, 9.17) is 4.74 Å². The van der Waals surface area contributed by atoms with E-state index in [1.807, 2.05) is 18.3 Å². The molecule has 0 saturated carbocycles. The fraction of sp³-hybridized carbons (Fsp3) is 0.529. The highest BCUT2D eigenvalue weighted by molar-refractivity contribution is 14.0. The zero-order valence-electron chi connectivity index (χ0n) is 15.0. The van der Waals surface area contributed by atoms with Crippen LogP contribution < -0.4 is 10.6 Å². The van der Waals surface area contributed by atoms with Gasteiger partial charge in [-0.15, -0.1) is 46.7 Å². The van der Waals surface area contributed by atoms with Gasteiger partial charge in [-0.2, -0.15) is 0 Å². The maximum atomic E-state index is 5.05. The summed E-state index contributed by atoms with van der Waals surface area (Å²) in [5, 5.41) is 9.90. The number of ether oxygens (including phenoxy) is 1. The summed E-state index contributed by atoms with van der Waals surface area (Å²) in [5.41, 5.74) is 1.09. The molecule has 0 aliphatic rings. The molecule has 25 heavy (non-hydrogen) atoms. The molecule has 0 atom stereocenters. The number of hydrogen-bond acceptors (Lipinski definition) is 5. The summed E-state index contributed by atoms with van der Waals surface area (Å²) in [6.07, 6.45) is 1.92. The number of aromatic nitrogens is 1. The van der Waals surface area contributed by atoms with Gasteiger partial charge in [-0.3, -0.25) is 4.99 Å². The minimum Gasteiger partial charge on any atom is -0.385 e. The number of aryl methyl sites for hydroxylation is 1. The van der Waals surface area contributed by atoms with Crippen LogP contribution >= 0.6 is 46.7 Å². The summed E-state index contributed by atoms with van der Waals surface area (Å²) in [6, 6.07) is 4.36. The first-order valence-electron chi connectivity index (χ1n) is 8.25. The molecule has 2 heterocycles. The molecular formula is C17H27IN4OS2. The predicted molar refractivity (Wildman–Crippen MR) is 120 cm³/mol. The molecule has 0 aromatic carbocycles. The first-order valence-corrected chi connectivity index (χ1v) is 9.95. The molecule has 2 aromatic heterocycles. The molecule has 0 fully saturated rings. The summed E-state index contributed by atoms with van der Waals surface area (Å²) < 4.78 is 5.05. The Morgan fingerprint density at radius 3 is 2.84 bits per heavy atom. The lowest BCUT2D eigenvalue weighted by Crippen LogP contribution is -2.38. The Balaban J connectivity index is 0.00000312. The monoisotopic (exact) mass is 494 g/mol. The first-order chi connectivity index (χ1) is 11.7. The number of hydrogen-bond donors (Lipinski definition) is 2. The van der Waals surface area contributed by atoms with Crippen LogP contribution in [0.25, 0.3) is 10.6 Å². The Kier molecular flexibility index (Phi) is 11.3. The highest BCUT2D eigenvalue weighted by Crippen LogP contribution is 2.29. The Bertz CT molecular complexity index is 642. The number of rotatable bonds is 9. The number of methoxy groups -OCH3 is 1. The van der Waals surface area contributed by atoms with Crippen molar-refractivity contribution in [1.82, 2.24) is 15.6 Å². The van der Waals surface area contributed by atoms with Gasteiger partial charge in [0.05, 0.1) is 15.6 Å². The van der Waals surface area contributed by atoms with Crippen LogP contribution in [-0.4, -0.2) is 44.3 Å². The van der Waals surface area contributed by atoms with Crippen molar-refractivity contribution in [2.24, 2.45) is 4.99 Å². The second kappa shape index (κ2) is 12.6. The average molecular weight is 494 g/mol. The molecule has 0 bridgehead atoms. The number of guanidine groups is 1. The SMILES string of the molecule is CCNC(=NCCCOC)NCCc1ccc(-c2csc(C)n2)s1.I. The number of nitrogens with one attached hydrogen (secondary N) is 2. The normalized spacial score (nSPS) is 11.2. The molecule has 0 unspecified atom stereocenters. The van der Waals surface area contributed by atoms with Crippen molar-refractivity contribution in [2.75, 3.05) is 33.4 Å². The highest BCUT2D eigenvalue weighted by atomic mass is 127. The maximum absolute atomic E-state index is 5.05. The lowest BCUT2D eigenvalue weighted by atomic mass is 10.3. The van der Waals surface area contributed by atoms with Crippen molar-refractivity contribution >= 4 is 52.6 Å². The quantitative estimate of drug-likeness (QED) is 0.240. The molecule has 0 saturated heterocycles. The molecular weight excluding hydrogens is 467 g/mol. The Morgan fingerprint density at radius 2 is 2.16 bits per heavy atom. The first kappa shape index (κ1) is 22.3. The molecule has 0 aliphatic carbocycles. The van der Waals surface area contributed by atoms with Crippen LogP contribution in [0.5, 0.6) is 0 Å². The topological polar surface area (TPSA) is 58.5 Å². The fourth-order valence-corrected chi connectivity index (χ4v) is 3.83. The minimum atomic E-state index is 0. The second-order valence-corrected chi connectivity index (χ2v) is 7.53. The number of thiazole rings is 1. The van der Waals surface area contributed by atoms with Crippen LogP contribution in [0.2, 0.25) is 0 Å². The van der Waals surface area contributed by atoms with E-state index in [1.54, 1.807) is 18.4 Å². The zero-order chi connectivity index (χ0) is 17.2. The maximum Gasteiger partial charge on any atom is 0.191 e. The van der Waals surface area contributed by atoms with Gasteiger partial charge in [0.1, 0.15) is 0 Å². The molecule has 2 rings (SSSR count). The van der Waals surface area contributed by atoms with E-state index in [1.165, 1.54) is 9.75 Å². The van der Waals surface area contributed by atoms with Crippen molar-refractivity contribution in [2.45, 2.75) is 26.7 Å². The van der Waals surface area contributed by atoms with Crippen molar-refractivity contribution in [3.63, 3.8) is 0 Å². The van der Waals surface area contributed by atoms with Gasteiger partial charge < -0.3 is 15.4 Å². The van der Waals surface area contributed by atoms with E-state index in [-0.39, 0.29) is 24.0 Å². The van der Waals surface area contributed by atoms with Gasteiger partial charge in [-0.25, -0.2) is 4.98 Å². The van der Waals surface area contributed by atoms with E-state index >= 15 is 0 Å². The summed E-state index contributed by atoms with van der Waals surface area (Å²) >= 11 is 3.51. The lowest BCUT2D eigenvalue weighted by Gasteiger charge is -2.10. The Labute approximate surface area is 175 Å². The summed E-state index contributed by atoms with van der Waals surface area (Å²) in [4.78, 5) is 11.7. The molecule has 5 nitrogen and oxygen atoms in total. The van der Waals surface area contributed by atoms with Gasteiger partial charge in [0, 0.05) is 43.6 Å². The van der Waals surface area contributed by atoms with Gasteiger partial charge in [0.15, 0.2) is 5.96 Å². The van der Waals surface area contributed by atoms with Crippen LogP contribution in [0.3, 0.4) is 0 Å². The summed E-state index contributed by atoms with van der Waals surface area (Å²) in [5.74, 6) is 0.875. The second-order valence-electron chi connectivity index (χ2n) is 5.30. The van der Waals surface area contributed by atoms with Gasteiger partial charge in [-0.05, 0) is 38.8 Å². The molecule has 8 heteroatoms. The summed E-state index contributed by atoms with van der Waals surface area (Å²) in [6.45, 7) is 7.37. The molecule has 2 aromatic rings. The number of thiophene rings is 1. The molecule has 140 valence electrons. The van der Waals surface area contributed by atoms with Gasteiger partial charge in [0.25, 0.3) is 0 Å². The largest absolute Gasteiger partial charge is 0.385 e. The Hall–Kier alpha value is -0.710. The third-order valence-corrected chi connectivity index (χ3v) is 5.26. The fourth-order valence-electron chi connectivity index (χ4n) is 2.17. The van der Waals surface area contributed by atoms with Crippen LogP contribution in [0.1, 0.15) is 23.2 Å². The highest BCUT2D eigenvalue weighted by Gasteiger charge is 2.06. The van der Waals surface area contributed by atoms with Crippen molar-refractivity contribution in [3.8, 4) is 10.6 Å². The summed E-state index contributed by atoms with van der Waals surface area (Å²) in [7, 11) is 1.72. The van der Waals surface area contributed by atoms with E-state index in [0.29, 0.717) is 0 Å². The van der Waals surface area contributed by atoms with Gasteiger partial charge >= 0.3 is 0 Å². The third-order valence-electron chi connectivity index (χ3n) is 3.32. The van der Waals surface area contributed by atoms with E-state index in [2.05, 4.69) is 45.0 Å². The lowest BCUT2D eigenvalue weighted by molar-refractivity contribution is 0.197. The van der Waals surface area contributed by atoms with Gasteiger partial charge in [0.2, 0.25) is 0 Å². The smallest absolute Gasteiger partial charge is 0.191 e. The average Bonchev–Trinajstić information content (AvgIpc) is 3.20. The van der Waals surface area contributed by atoms with Crippen LogP contribution in [-0.2, 0) is 11.2 Å². The molecule has 0 radical (unpaired) electrons. The number of aliphatic imine (C=N–C) groups is 1. The van der Waals surface area contributed by atoms with Crippen LogP contribution in [0.15, 0.2) is 22.5 Å².